The number of carbonyl (C=O) groups excluding carboxylic acids is 2. The summed E-state index contributed by atoms with van der Waals surface area (Å²) >= 11 is 0. The molecule has 0 fully saturated rings. The Kier molecular flexibility index (Phi) is 5.32. The molecule has 0 heterocycles. The summed E-state index contributed by atoms with van der Waals surface area (Å²) in [5.74, 6) is -0.628. The molecule has 98 valence electrons. The summed E-state index contributed by atoms with van der Waals surface area (Å²) < 4.78 is 0. The fraction of sp³-hybridized carbons (Fsp3) is 0.385. The van der Waals surface area contributed by atoms with Gasteiger partial charge in [0, 0.05) is 24.7 Å². The predicted octanol–water partition coefficient (Wildman–Crippen LogP) is 0.467. The van der Waals surface area contributed by atoms with E-state index < -0.39 is 5.91 Å². The Labute approximate surface area is 107 Å². The Morgan fingerprint density at radius 1 is 1.33 bits per heavy atom. The molecular formula is C13H19N3O2. The van der Waals surface area contributed by atoms with Gasteiger partial charge in [-0.3, -0.25) is 9.59 Å². The first-order chi connectivity index (χ1) is 8.56. The number of nitrogens with zero attached hydrogens (tertiary/aromatic N) is 1. The lowest BCUT2D eigenvalue weighted by Crippen LogP contribution is -2.29. The van der Waals surface area contributed by atoms with Crippen LogP contribution in [0.2, 0.25) is 0 Å². The number of benzene rings is 1. The van der Waals surface area contributed by atoms with Gasteiger partial charge in [0.1, 0.15) is 0 Å². The van der Waals surface area contributed by atoms with Gasteiger partial charge in [0.25, 0.3) is 5.91 Å². The molecule has 1 aromatic carbocycles. The third kappa shape index (κ3) is 3.85. The molecule has 0 bridgehead atoms. The Bertz CT molecular complexity index is 432. The summed E-state index contributed by atoms with van der Waals surface area (Å²) in [5.41, 5.74) is 6.02. The highest BCUT2D eigenvalue weighted by atomic mass is 16.2. The summed E-state index contributed by atoms with van der Waals surface area (Å²) in [5, 5.41) is 3.03. The van der Waals surface area contributed by atoms with E-state index in [0.717, 1.165) is 13.0 Å². The minimum Gasteiger partial charge on any atom is -0.366 e. The maximum atomic E-state index is 12.1. The number of carbonyl (C=O) groups is 2. The third-order valence-corrected chi connectivity index (χ3v) is 2.66. The maximum absolute atomic E-state index is 12.1. The molecule has 3 N–H and O–H groups in total. The molecule has 5 nitrogen and oxygen atoms in total. The molecular weight excluding hydrogens is 230 g/mol. The van der Waals surface area contributed by atoms with Gasteiger partial charge in [0.15, 0.2) is 0 Å². The molecule has 0 spiro atoms. The minimum absolute atomic E-state index is 0.103. The second kappa shape index (κ2) is 6.76. The van der Waals surface area contributed by atoms with Crippen molar-refractivity contribution in [1.82, 2.24) is 10.2 Å². The Morgan fingerprint density at radius 2 is 2.00 bits per heavy atom. The summed E-state index contributed by atoms with van der Waals surface area (Å²) in [7, 11) is 3.62. The smallest absolute Gasteiger partial charge is 0.253 e. The quantitative estimate of drug-likeness (QED) is 0.719. The molecule has 0 aliphatic heterocycles. The van der Waals surface area contributed by atoms with Crippen LogP contribution in [0, 0.1) is 0 Å². The van der Waals surface area contributed by atoms with Crippen molar-refractivity contribution in [3.05, 3.63) is 35.4 Å². The summed E-state index contributed by atoms with van der Waals surface area (Å²) in [6.07, 6.45) is 0.883. The largest absolute Gasteiger partial charge is 0.366 e. The van der Waals surface area contributed by atoms with Crippen molar-refractivity contribution >= 4 is 11.8 Å². The molecule has 0 saturated heterocycles. The van der Waals surface area contributed by atoms with Gasteiger partial charge in [-0.1, -0.05) is 6.07 Å². The van der Waals surface area contributed by atoms with Crippen molar-refractivity contribution in [2.45, 2.75) is 6.42 Å². The molecule has 0 saturated carbocycles. The van der Waals surface area contributed by atoms with Gasteiger partial charge in [-0.15, -0.1) is 0 Å². The zero-order chi connectivity index (χ0) is 13.5. The third-order valence-electron chi connectivity index (χ3n) is 2.66. The van der Waals surface area contributed by atoms with Gasteiger partial charge < -0.3 is 16.0 Å². The van der Waals surface area contributed by atoms with Gasteiger partial charge in [0.05, 0.1) is 0 Å². The fourth-order valence-corrected chi connectivity index (χ4v) is 1.62. The molecule has 0 aromatic heterocycles. The van der Waals surface area contributed by atoms with E-state index in [0.29, 0.717) is 17.7 Å². The number of hydrogen-bond donors (Lipinski definition) is 2. The van der Waals surface area contributed by atoms with Crippen molar-refractivity contribution in [3.8, 4) is 0 Å². The van der Waals surface area contributed by atoms with E-state index in [9.17, 15) is 9.59 Å². The second-order valence-corrected chi connectivity index (χ2v) is 4.13. The fourth-order valence-electron chi connectivity index (χ4n) is 1.62. The van der Waals surface area contributed by atoms with Crippen LogP contribution in [-0.2, 0) is 0 Å². The van der Waals surface area contributed by atoms with Crippen LogP contribution in [0.5, 0.6) is 0 Å². The van der Waals surface area contributed by atoms with Crippen molar-refractivity contribution in [3.63, 3.8) is 0 Å². The van der Waals surface area contributed by atoms with Crippen molar-refractivity contribution < 1.29 is 9.59 Å². The van der Waals surface area contributed by atoms with E-state index in [1.165, 1.54) is 6.07 Å². The Hall–Kier alpha value is -1.88. The van der Waals surface area contributed by atoms with Crippen molar-refractivity contribution in [1.29, 1.82) is 0 Å². The number of hydrogen-bond acceptors (Lipinski definition) is 3. The van der Waals surface area contributed by atoms with Gasteiger partial charge >= 0.3 is 0 Å². The van der Waals surface area contributed by atoms with Crippen LogP contribution in [-0.4, -0.2) is 43.9 Å². The first-order valence-corrected chi connectivity index (χ1v) is 5.86. The molecule has 1 rings (SSSR count). The monoisotopic (exact) mass is 249 g/mol. The van der Waals surface area contributed by atoms with Crippen LogP contribution in [0.25, 0.3) is 0 Å². The first-order valence-electron chi connectivity index (χ1n) is 5.86. The van der Waals surface area contributed by atoms with Gasteiger partial charge in [0.2, 0.25) is 5.91 Å². The number of primary amides is 1. The predicted molar refractivity (Wildman–Crippen MR) is 70.5 cm³/mol. The second-order valence-electron chi connectivity index (χ2n) is 4.13. The highest BCUT2D eigenvalue weighted by molar-refractivity contribution is 5.98. The number of nitrogens with one attached hydrogen (secondary N) is 1. The Balaban J connectivity index is 2.71. The molecule has 0 aliphatic carbocycles. The van der Waals surface area contributed by atoms with Crippen LogP contribution in [0.3, 0.4) is 0 Å². The lowest BCUT2D eigenvalue weighted by Gasteiger charge is -2.17. The Morgan fingerprint density at radius 3 is 2.61 bits per heavy atom. The van der Waals surface area contributed by atoms with Gasteiger partial charge in [-0.05, 0) is 38.2 Å². The zero-order valence-corrected chi connectivity index (χ0v) is 10.8. The number of rotatable bonds is 6. The van der Waals surface area contributed by atoms with E-state index in [1.807, 2.05) is 7.05 Å². The summed E-state index contributed by atoms with van der Waals surface area (Å²) in [4.78, 5) is 24.7. The molecule has 0 unspecified atom stereocenters. The molecule has 0 radical (unpaired) electrons. The molecule has 1 aromatic rings. The SMILES string of the molecule is CNCCCN(C)C(=O)c1cccc(C(N)=O)c1. The van der Waals surface area contributed by atoms with Gasteiger partial charge in [-0.25, -0.2) is 0 Å². The average molecular weight is 249 g/mol. The van der Waals surface area contributed by atoms with Crippen LogP contribution in [0.1, 0.15) is 27.1 Å². The molecule has 5 heteroatoms. The van der Waals surface area contributed by atoms with Crippen molar-refractivity contribution in [2.24, 2.45) is 5.73 Å². The molecule has 2 amide bonds. The molecule has 0 aliphatic rings. The van der Waals surface area contributed by atoms with Gasteiger partial charge in [-0.2, -0.15) is 0 Å². The minimum atomic E-state index is -0.525. The average Bonchev–Trinajstić information content (AvgIpc) is 2.38. The molecule has 0 atom stereocenters. The van der Waals surface area contributed by atoms with Crippen LogP contribution >= 0.6 is 0 Å². The zero-order valence-electron chi connectivity index (χ0n) is 10.8. The highest BCUT2D eigenvalue weighted by Crippen LogP contribution is 2.07. The van der Waals surface area contributed by atoms with Crippen LogP contribution in [0.4, 0.5) is 0 Å². The number of amides is 2. The normalized spacial score (nSPS) is 10.1. The lowest BCUT2D eigenvalue weighted by atomic mass is 10.1. The van der Waals surface area contributed by atoms with E-state index in [-0.39, 0.29) is 5.91 Å². The topological polar surface area (TPSA) is 75.4 Å². The van der Waals surface area contributed by atoms with E-state index in [2.05, 4.69) is 5.32 Å². The van der Waals surface area contributed by atoms with Crippen LogP contribution < -0.4 is 11.1 Å². The lowest BCUT2D eigenvalue weighted by molar-refractivity contribution is 0.0793. The van der Waals surface area contributed by atoms with E-state index in [1.54, 1.807) is 30.1 Å². The summed E-state index contributed by atoms with van der Waals surface area (Å²) in [6, 6.07) is 6.47. The van der Waals surface area contributed by atoms with Crippen molar-refractivity contribution in [2.75, 3.05) is 27.2 Å². The first kappa shape index (κ1) is 14.2. The van der Waals surface area contributed by atoms with E-state index >= 15 is 0 Å². The highest BCUT2D eigenvalue weighted by Gasteiger charge is 2.12. The van der Waals surface area contributed by atoms with E-state index in [4.69, 9.17) is 5.73 Å². The number of nitrogens with two attached hydrogens (primary N) is 1. The summed E-state index contributed by atoms with van der Waals surface area (Å²) in [6.45, 7) is 1.53. The standard InChI is InChI=1S/C13H19N3O2/c1-15-7-4-8-16(2)13(18)11-6-3-5-10(9-11)12(14)17/h3,5-6,9,15H,4,7-8H2,1-2H3,(H2,14,17). The maximum Gasteiger partial charge on any atom is 0.253 e. The molecule has 18 heavy (non-hydrogen) atoms. The van der Waals surface area contributed by atoms with Crippen LogP contribution in [0.15, 0.2) is 24.3 Å².